The second kappa shape index (κ2) is 9.53. The van der Waals surface area contributed by atoms with E-state index in [0.29, 0.717) is 23.8 Å². The zero-order chi connectivity index (χ0) is 17.4. The van der Waals surface area contributed by atoms with Crippen LogP contribution in [0.3, 0.4) is 0 Å². The van der Waals surface area contributed by atoms with Gasteiger partial charge in [0.25, 0.3) is 0 Å². The molecule has 1 N–H and O–H groups in total. The Kier molecular flexibility index (Phi) is 8.06. The van der Waals surface area contributed by atoms with Crippen molar-refractivity contribution >= 4 is 29.1 Å². The number of carbonyl (C=O) groups excluding carboxylic acids is 2. The fourth-order valence-electron chi connectivity index (χ4n) is 2.14. The molecule has 1 rings (SSSR count). The van der Waals surface area contributed by atoms with Gasteiger partial charge in [0.05, 0.1) is 0 Å². The molecule has 0 radical (unpaired) electrons. The molecule has 2 amide bonds. The van der Waals surface area contributed by atoms with Crippen LogP contribution in [0.2, 0.25) is 5.02 Å². The van der Waals surface area contributed by atoms with Gasteiger partial charge in [0.15, 0.2) is 0 Å². The first-order chi connectivity index (χ1) is 10.8. The number of nitrogens with one attached hydrogen (secondary N) is 1. The lowest BCUT2D eigenvalue weighted by molar-refractivity contribution is -0.129. The third-order valence-corrected chi connectivity index (χ3v) is 3.95. The van der Waals surface area contributed by atoms with E-state index in [9.17, 15) is 9.59 Å². The van der Waals surface area contributed by atoms with Crippen LogP contribution in [0.1, 0.15) is 25.3 Å². The van der Waals surface area contributed by atoms with Crippen LogP contribution in [0.5, 0.6) is 0 Å². The summed E-state index contributed by atoms with van der Waals surface area (Å²) < 4.78 is 0. The Morgan fingerprint density at radius 1 is 1.17 bits per heavy atom. The van der Waals surface area contributed by atoms with E-state index in [-0.39, 0.29) is 18.2 Å². The highest BCUT2D eigenvalue weighted by Crippen LogP contribution is 2.20. The minimum atomic E-state index is -0.122. The lowest BCUT2D eigenvalue weighted by Gasteiger charge is -2.21. The summed E-state index contributed by atoms with van der Waals surface area (Å²) >= 11 is 6.04. The Hall–Kier alpha value is -1.59. The summed E-state index contributed by atoms with van der Waals surface area (Å²) in [7, 11) is 4.00. The average molecular weight is 340 g/mol. The summed E-state index contributed by atoms with van der Waals surface area (Å²) in [5, 5.41) is 3.43. The van der Waals surface area contributed by atoms with Crippen molar-refractivity contribution in [2.45, 2.75) is 26.7 Å². The summed E-state index contributed by atoms with van der Waals surface area (Å²) in [5.74, 6) is -0.126. The van der Waals surface area contributed by atoms with E-state index in [1.807, 2.05) is 33.2 Å². The highest BCUT2D eigenvalue weighted by Gasteiger charge is 2.11. The highest BCUT2D eigenvalue weighted by atomic mass is 35.5. The number of halogens is 1. The third-order valence-electron chi connectivity index (χ3n) is 3.54. The van der Waals surface area contributed by atoms with Crippen LogP contribution in [0.15, 0.2) is 18.2 Å². The number of carbonyl (C=O) groups is 2. The Labute approximate surface area is 143 Å². The highest BCUT2D eigenvalue weighted by molar-refractivity contribution is 6.31. The molecule has 0 saturated carbocycles. The van der Waals surface area contributed by atoms with Crippen molar-refractivity contribution in [3.63, 3.8) is 0 Å². The van der Waals surface area contributed by atoms with Gasteiger partial charge in [-0.2, -0.15) is 0 Å². The molecule has 0 aliphatic carbocycles. The minimum Gasteiger partial charge on any atom is -0.342 e. The Morgan fingerprint density at radius 2 is 1.87 bits per heavy atom. The van der Waals surface area contributed by atoms with Crippen molar-refractivity contribution in [3.8, 4) is 0 Å². The van der Waals surface area contributed by atoms with E-state index in [1.165, 1.54) is 6.92 Å². The zero-order valence-corrected chi connectivity index (χ0v) is 15.1. The largest absolute Gasteiger partial charge is 0.342 e. The Morgan fingerprint density at radius 3 is 2.43 bits per heavy atom. The van der Waals surface area contributed by atoms with Crippen molar-refractivity contribution in [3.05, 3.63) is 28.8 Å². The first-order valence-corrected chi connectivity index (χ1v) is 8.13. The fourth-order valence-corrected chi connectivity index (χ4v) is 2.32. The summed E-state index contributed by atoms with van der Waals surface area (Å²) in [6.45, 7) is 5.45. The molecule has 0 unspecified atom stereocenters. The van der Waals surface area contributed by atoms with Gasteiger partial charge in [0, 0.05) is 37.1 Å². The lowest BCUT2D eigenvalue weighted by Crippen LogP contribution is -2.34. The SMILES string of the molecule is CC(=O)N(CCCN(C)C)CCC(=O)Nc1ccc(C)c(Cl)c1. The first kappa shape index (κ1) is 19.5. The maximum Gasteiger partial charge on any atom is 0.226 e. The van der Waals surface area contributed by atoms with Crippen molar-refractivity contribution < 1.29 is 9.59 Å². The van der Waals surface area contributed by atoms with Crippen LogP contribution in [-0.4, -0.2) is 55.3 Å². The maximum absolute atomic E-state index is 12.0. The van der Waals surface area contributed by atoms with Crippen molar-refractivity contribution in [1.82, 2.24) is 9.80 Å². The Balaban J connectivity index is 2.45. The molecule has 6 heteroatoms. The van der Waals surface area contributed by atoms with Gasteiger partial charge in [-0.3, -0.25) is 9.59 Å². The zero-order valence-electron chi connectivity index (χ0n) is 14.4. The van der Waals surface area contributed by atoms with Gasteiger partial charge in [-0.1, -0.05) is 17.7 Å². The number of rotatable bonds is 8. The van der Waals surface area contributed by atoms with Gasteiger partial charge >= 0.3 is 0 Å². The minimum absolute atomic E-state index is 0.00469. The molecule has 0 bridgehead atoms. The first-order valence-electron chi connectivity index (χ1n) is 7.76. The van der Waals surface area contributed by atoms with Gasteiger partial charge in [-0.05, 0) is 51.7 Å². The van der Waals surface area contributed by atoms with E-state index in [2.05, 4.69) is 10.2 Å². The fraction of sp³-hybridized carbons (Fsp3) is 0.529. The predicted octanol–water partition coefficient (Wildman–Crippen LogP) is 2.78. The lowest BCUT2D eigenvalue weighted by atomic mass is 10.2. The molecule has 0 saturated heterocycles. The quantitative estimate of drug-likeness (QED) is 0.792. The molecule has 0 heterocycles. The van der Waals surface area contributed by atoms with Crippen LogP contribution in [0.4, 0.5) is 5.69 Å². The molecule has 1 aromatic carbocycles. The topological polar surface area (TPSA) is 52.7 Å². The van der Waals surface area contributed by atoms with Crippen molar-refractivity contribution in [1.29, 1.82) is 0 Å². The molecule has 0 spiro atoms. The van der Waals surface area contributed by atoms with Gasteiger partial charge in [-0.25, -0.2) is 0 Å². The molecule has 0 atom stereocenters. The number of anilines is 1. The van der Waals surface area contributed by atoms with Crippen LogP contribution in [0, 0.1) is 6.92 Å². The van der Waals surface area contributed by atoms with Crippen LogP contribution in [0.25, 0.3) is 0 Å². The molecular weight excluding hydrogens is 314 g/mol. The standard InChI is InChI=1S/C17H26ClN3O2/c1-13-6-7-15(12-16(13)18)19-17(23)8-11-21(14(2)22)10-5-9-20(3)4/h6-7,12H,5,8-11H2,1-4H3,(H,19,23). The smallest absolute Gasteiger partial charge is 0.226 e. The van der Waals surface area contributed by atoms with Crippen LogP contribution >= 0.6 is 11.6 Å². The van der Waals surface area contributed by atoms with E-state index >= 15 is 0 Å². The Bertz CT molecular complexity index is 547. The number of hydrogen-bond donors (Lipinski definition) is 1. The molecule has 23 heavy (non-hydrogen) atoms. The molecule has 0 fully saturated rings. The summed E-state index contributed by atoms with van der Waals surface area (Å²) in [4.78, 5) is 27.4. The third kappa shape index (κ3) is 7.48. The summed E-state index contributed by atoms with van der Waals surface area (Å²) in [5.41, 5.74) is 1.64. The van der Waals surface area contributed by atoms with E-state index in [4.69, 9.17) is 11.6 Å². The second-order valence-corrected chi connectivity index (χ2v) is 6.33. The number of benzene rings is 1. The molecule has 0 aliphatic rings. The molecule has 1 aromatic rings. The van der Waals surface area contributed by atoms with Gasteiger partial charge < -0.3 is 15.1 Å². The molecule has 0 aromatic heterocycles. The predicted molar refractivity (Wildman–Crippen MR) is 94.9 cm³/mol. The summed E-state index contributed by atoms with van der Waals surface area (Å²) in [6, 6.07) is 5.41. The molecular formula is C17H26ClN3O2. The molecule has 128 valence electrons. The van der Waals surface area contributed by atoms with Crippen molar-refractivity contribution in [2.75, 3.05) is 39.0 Å². The van der Waals surface area contributed by atoms with E-state index < -0.39 is 0 Å². The maximum atomic E-state index is 12.0. The molecule has 5 nitrogen and oxygen atoms in total. The van der Waals surface area contributed by atoms with E-state index in [1.54, 1.807) is 11.0 Å². The number of nitrogens with zero attached hydrogens (tertiary/aromatic N) is 2. The van der Waals surface area contributed by atoms with Crippen LogP contribution < -0.4 is 5.32 Å². The van der Waals surface area contributed by atoms with Gasteiger partial charge in [0.1, 0.15) is 0 Å². The van der Waals surface area contributed by atoms with Crippen molar-refractivity contribution in [2.24, 2.45) is 0 Å². The van der Waals surface area contributed by atoms with E-state index in [0.717, 1.165) is 18.5 Å². The summed E-state index contributed by atoms with van der Waals surface area (Å²) in [6.07, 6.45) is 1.16. The number of amides is 2. The normalized spacial score (nSPS) is 10.7. The average Bonchev–Trinajstić information content (AvgIpc) is 2.45. The molecule has 0 aliphatic heterocycles. The monoisotopic (exact) mass is 339 g/mol. The number of hydrogen-bond acceptors (Lipinski definition) is 3. The van der Waals surface area contributed by atoms with Gasteiger partial charge in [0.2, 0.25) is 11.8 Å². The number of aryl methyl sites for hydroxylation is 1. The second-order valence-electron chi connectivity index (χ2n) is 5.93. The van der Waals surface area contributed by atoms with Crippen LogP contribution in [-0.2, 0) is 9.59 Å². The van der Waals surface area contributed by atoms with Gasteiger partial charge in [-0.15, -0.1) is 0 Å².